The SMILES string of the molecule is COc1ccc2[nH]cc(CCNc3nc(C)c(-c4ccc5[nH]c(C)c(C)c5c4)c(N)n3)c2c1. The first kappa shape index (κ1) is 20.9. The Bertz CT molecular complexity index is 1460. The molecule has 5 N–H and O–H groups in total. The summed E-state index contributed by atoms with van der Waals surface area (Å²) in [6, 6.07) is 12.4. The van der Waals surface area contributed by atoms with Crippen LogP contribution in [0.1, 0.15) is 22.5 Å². The van der Waals surface area contributed by atoms with E-state index in [9.17, 15) is 0 Å². The highest BCUT2D eigenvalue weighted by molar-refractivity contribution is 5.91. The van der Waals surface area contributed by atoms with Gasteiger partial charge in [-0.1, -0.05) is 6.07 Å². The van der Waals surface area contributed by atoms with Gasteiger partial charge in [0.2, 0.25) is 5.95 Å². The average molecular weight is 441 g/mol. The van der Waals surface area contributed by atoms with Crippen LogP contribution in [0.4, 0.5) is 11.8 Å². The summed E-state index contributed by atoms with van der Waals surface area (Å²) in [5, 5.41) is 5.68. The van der Waals surface area contributed by atoms with Crippen LogP contribution in [-0.4, -0.2) is 33.6 Å². The Morgan fingerprint density at radius 3 is 2.61 bits per heavy atom. The Balaban J connectivity index is 1.35. The summed E-state index contributed by atoms with van der Waals surface area (Å²) < 4.78 is 5.36. The highest BCUT2D eigenvalue weighted by Crippen LogP contribution is 2.32. The number of hydrogen-bond donors (Lipinski definition) is 4. The molecule has 0 atom stereocenters. The second kappa shape index (κ2) is 8.16. The van der Waals surface area contributed by atoms with Gasteiger partial charge in [0.15, 0.2) is 0 Å². The van der Waals surface area contributed by atoms with Crippen molar-refractivity contribution in [2.45, 2.75) is 27.2 Å². The van der Waals surface area contributed by atoms with Crippen LogP contribution in [0.3, 0.4) is 0 Å². The summed E-state index contributed by atoms with van der Waals surface area (Å²) in [5.74, 6) is 1.87. The molecule has 0 bridgehead atoms. The van der Waals surface area contributed by atoms with Crippen molar-refractivity contribution in [3.05, 3.63) is 65.1 Å². The third-order valence-electron chi connectivity index (χ3n) is 6.37. The van der Waals surface area contributed by atoms with E-state index in [1.54, 1.807) is 7.11 Å². The van der Waals surface area contributed by atoms with Crippen LogP contribution in [0, 0.1) is 20.8 Å². The molecule has 168 valence electrons. The smallest absolute Gasteiger partial charge is 0.224 e. The molecule has 0 saturated carbocycles. The Hall–Kier alpha value is -4.00. The third kappa shape index (κ3) is 3.75. The summed E-state index contributed by atoms with van der Waals surface area (Å²) in [7, 11) is 1.68. The van der Waals surface area contributed by atoms with E-state index in [2.05, 4.69) is 63.4 Å². The van der Waals surface area contributed by atoms with Crippen molar-refractivity contribution in [3.63, 3.8) is 0 Å². The fourth-order valence-corrected chi connectivity index (χ4v) is 4.45. The van der Waals surface area contributed by atoms with E-state index in [4.69, 9.17) is 10.5 Å². The van der Waals surface area contributed by atoms with Gasteiger partial charge in [-0.25, -0.2) is 4.98 Å². The molecule has 5 rings (SSSR count). The third-order valence-corrected chi connectivity index (χ3v) is 6.37. The molecule has 7 nitrogen and oxygen atoms in total. The second-order valence-electron chi connectivity index (χ2n) is 8.43. The molecular formula is C26H28N6O. The average Bonchev–Trinajstić information content (AvgIpc) is 3.33. The Morgan fingerprint density at radius 1 is 1.00 bits per heavy atom. The molecule has 0 aliphatic heterocycles. The number of fused-ring (bicyclic) bond motifs is 2. The van der Waals surface area contributed by atoms with E-state index >= 15 is 0 Å². The number of hydrogen-bond acceptors (Lipinski definition) is 5. The lowest BCUT2D eigenvalue weighted by Gasteiger charge is -2.12. The minimum absolute atomic E-state index is 0.478. The van der Waals surface area contributed by atoms with Gasteiger partial charge in [-0.15, -0.1) is 0 Å². The van der Waals surface area contributed by atoms with Gasteiger partial charge < -0.3 is 25.8 Å². The van der Waals surface area contributed by atoms with Crippen molar-refractivity contribution >= 4 is 33.6 Å². The number of nitrogens with zero attached hydrogens (tertiary/aromatic N) is 2. The minimum Gasteiger partial charge on any atom is -0.497 e. The van der Waals surface area contributed by atoms with Gasteiger partial charge in [0.1, 0.15) is 11.6 Å². The van der Waals surface area contributed by atoms with Crippen molar-refractivity contribution in [2.75, 3.05) is 24.7 Å². The summed E-state index contributed by atoms with van der Waals surface area (Å²) in [4.78, 5) is 16.0. The number of H-pyrrole nitrogens is 2. The van der Waals surface area contributed by atoms with E-state index in [1.165, 1.54) is 22.2 Å². The normalized spacial score (nSPS) is 11.4. The number of aryl methyl sites for hydroxylation is 3. The molecule has 0 unspecified atom stereocenters. The highest BCUT2D eigenvalue weighted by atomic mass is 16.5. The van der Waals surface area contributed by atoms with Crippen LogP contribution in [0.2, 0.25) is 0 Å². The molecule has 2 aromatic carbocycles. The number of rotatable bonds is 6. The number of aromatic amines is 2. The molecule has 0 radical (unpaired) electrons. The lowest BCUT2D eigenvalue weighted by atomic mass is 10.0. The van der Waals surface area contributed by atoms with E-state index in [0.29, 0.717) is 18.3 Å². The zero-order valence-electron chi connectivity index (χ0n) is 19.3. The number of nitrogens with two attached hydrogens (primary N) is 1. The van der Waals surface area contributed by atoms with Crippen LogP contribution < -0.4 is 15.8 Å². The maximum Gasteiger partial charge on any atom is 0.224 e. The lowest BCUT2D eigenvalue weighted by molar-refractivity contribution is 0.415. The number of benzene rings is 2. The fourth-order valence-electron chi connectivity index (χ4n) is 4.45. The standard InChI is InChI=1S/C26H28N6O/c1-14-15(2)30-23-7-5-17(11-20(14)23)24-16(3)31-26(32-25(24)27)28-10-9-18-13-29-22-8-6-19(33-4)12-21(18)22/h5-8,11-13,29-30H,9-10H2,1-4H3,(H3,27,28,31,32). The zero-order valence-corrected chi connectivity index (χ0v) is 19.3. The first-order valence-corrected chi connectivity index (χ1v) is 11.1. The molecule has 0 fully saturated rings. The van der Waals surface area contributed by atoms with E-state index in [0.717, 1.165) is 45.4 Å². The number of ether oxygens (including phenoxy) is 1. The van der Waals surface area contributed by atoms with Gasteiger partial charge in [-0.3, -0.25) is 0 Å². The van der Waals surface area contributed by atoms with Crippen molar-refractivity contribution in [1.29, 1.82) is 0 Å². The largest absolute Gasteiger partial charge is 0.497 e. The number of nitrogens with one attached hydrogen (secondary N) is 3. The number of methoxy groups -OCH3 is 1. The number of nitrogen functional groups attached to an aromatic ring is 1. The van der Waals surface area contributed by atoms with Crippen LogP contribution in [0.15, 0.2) is 42.6 Å². The maximum atomic E-state index is 6.40. The molecule has 0 saturated heterocycles. The highest BCUT2D eigenvalue weighted by Gasteiger charge is 2.14. The van der Waals surface area contributed by atoms with Crippen LogP contribution in [0.25, 0.3) is 32.9 Å². The van der Waals surface area contributed by atoms with Gasteiger partial charge in [0, 0.05) is 45.8 Å². The Morgan fingerprint density at radius 2 is 1.82 bits per heavy atom. The van der Waals surface area contributed by atoms with Crippen LogP contribution >= 0.6 is 0 Å². The fraction of sp³-hybridized carbons (Fsp3) is 0.231. The second-order valence-corrected chi connectivity index (χ2v) is 8.43. The molecule has 0 amide bonds. The first-order chi connectivity index (χ1) is 15.9. The number of anilines is 2. The van der Waals surface area contributed by atoms with Crippen molar-refractivity contribution in [2.24, 2.45) is 0 Å². The minimum atomic E-state index is 0.478. The van der Waals surface area contributed by atoms with Gasteiger partial charge in [0.05, 0.1) is 12.8 Å². The zero-order chi connectivity index (χ0) is 23.1. The predicted octanol–water partition coefficient (Wildman–Crippen LogP) is 5.28. The van der Waals surface area contributed by atoms with Gasteiger partial charge in [-0.2, -0.15) is 4.98 Å². The van der Waals surface area contributed by atoms with Crippen LogP contribution in [0.5, 0.6) is 5.75 Å². The molecule has 5 aromatic rings. The Labute approximate surface area is 192 Å². The van der Waals surface area contributed by atoms with Gasteiger partial charge in [-0.05, 0) is 74.2 Å². The van der Waals surface area contributed by atoms with E-state index in [-0.39, 0.29) is 0 Å². The van der Waals surface area contributed by atoms with Gasteiger partial charge in [0.25, 0.3) is 0 Å². The van der Waals surface area contributed by atoms with Crippen molar-refractivity contribution < 1.29 is 4.74 Å². The molecule has 7 heteroatoms. The first-order valence-electron chi connectivity index (χ1n) is 11.1. The molecule has 3 heterocycles. The summed E-state index contributed by atoms with van der Waals surface area (Å²) in [6.07, 6.45) is 2.86. The van der Waals surface area contributed by atoms with Crippen LogP contribution in [-0.2, 0) is 6.42 Å². The molecule has 0 spiro atoms. The molecule has 3 aromatic heterocycles. The maximum absolute atomic E-state index is 6.40. The summed E-state index contributed by atoms with van der Waals surface area (Å²) in [6.45, 7) is 6.88. The monoisotopic (exact) mass is 440 g/mol. The molecule has 33 heavy (non-hydrogen) atoms. The summed E-state index contributed by atoms with van der Waals surface area (Å²) >= 11 is 0. The topological polar surface area (TPSA) is 105 Å². The lowest BCUT2D eigenvalue weighted by Crippen LogP contribution is -2.10. The van der Waals surface area contributed by atoms with Crippen molar-refractivity contribution in [1.82, 2.24) is 19.9 Å². The molecule has 0 aliphatic carbocycles. The molecule has 0 aliphatic rings. The van der Waals surface area contributed by atoms with Gasteiger partial charge >= 0.3 is 0 Å². The molecular weight excluding hydrogens is 412 g/mol. The summed E-state index contributed by atoms with van der Waals surface area (Å²) in [5.41, 5.74) is 15.0. The van der Waals surface area contributed by atoms with Crippen molar-refractivity contribution in [3.8, 4) is 16.9 Å². The predicted molar refractivity (Wildman–Crippen MR) is 135 cm³/mol. The quantitative estimate of drug-likeness (QED) is 0.288. The van der Waals surface area contributed by atoms with E-state index in [1.807, 2.05) is 25.3 Å². The van der Waals surface area contributed by atoms with E-state index < -0.39 is 0 Å². The number of aromatic nitrogens is 4. The Kier molecular flexibility index (Phi) is 5.17.